The molecule has 0 heterocycles. The van der Waals surface area contributed by atoms with Crippen LogP contribution in [-0.4, -0.2) is 12.4 Å². The van der Waals surface area contributed by atoms with Gasteiger partial charge in [-0.05, 0) is 43.3 Å². The average Bonchev–Trinajstić information content (AvgIpc) is 2.41. The molecule has 0 unspecified atom stereocenters. The largest absolute Gasteiger partial charge is 0.494 e. The number of benzene rings is 2. The van der Waals surface area contributed by atoms with Crippen molar-refractivity contribution in [2.45, 2.75) is 6.92 Å². The number of hydrogen-bond acceptors (Lipinski definition) is 3. The molecule has 0 bridgehead atoms. The van der Waals surface area contributed by atoms with Crippen molar-refractivity contribution in [2.75, 3.05) is 6.61 Å². The fraction of sp³-hybridized carbons (Fsp3) is 0.133. The molecule has 0 fully saturated rings. The second kappa shape index (κ2) is 6.06. The highest BCUT2D eigenvalue weighted by Gasteiger charge is 2.13. The molecule has 2 aromatic carbocycles. The second-order valence-corrected chi connectivity index (χ2v) is 4.03. The summed E-state index contributed by atoms with van der Waals surface area (Å²) in [6.45, 7) is 2.48. The van der Waals surface area contributed by atoms with E-state index in [9.17, 15) is 4.39 Å². The van der Waals surface area contributed by atoms with Crippen LogP contribution in [0, 0.1) is 11.2 Å². The van der Waals surface area contributed by atoms with Crippen molar-refractivity contribution in [3.05, 3.63) is 53.8 Å². The highest BCUT2D eigenvalue weighted by Crippen LogP contribution is 2.28. The summed E-state index contributed by atoms with van der Waals surface area (Å²) in [7, 11) is 0. The van der Waals surface area contributed by atoms with Gasteiger partial charge in [0.05, 0.1) is 12.2 Å². The Kier molecular flexibility index (Phi) is 4.20. The van der Waals surface area contributed by atoms with E-state index in [1.54, 1.807) is 30.3 Å². The predicted molar refractivity (Wildman–Crippen MR) is 75.1 cm³/mol. The normalized spacial score (nSPS) is 10.1. The quantitative estimate of drug-likeness (QED) is 0.649. The zero-order chi connectivity index (χ0) is 14.5. The molecule has 0 aliphatic heterocycles. The Bertz CT molecular complexity index is 612. The van der Waals surface area contributed by atoms with Gasteiger partial charge in [-0.2, -0.15) is 0 Å². The fourth-order valence-electron chi connectivity index (χ4n) is 1.75. The summed E-state index contributed by atoms with van der Waals surface area (Å²) in [5, 5.41) is 7.41. The molecule has 4 nitrogen and oxygen atoms in total. The highest BCUT2D eigenvalue weighted by molar-refractivity contribution is 5.98. The van der Waals surface area contributed by atoms with Gasteiger partial charge in [0.2, 0.25) is 0 Å². The Hall–Kier alpha value is -2.56. The maximum atomic E-state index is 13.6. The van der Waals surface area contributed by atoms with Crippen molar-refractivity contribution in [3.63, 3.8) is 0 Å². The third-order valence-corrected chi connectivity index (χ3v) is 2.61. The summed E-state index contributed by atoms with van der Waals surface area (Å²) in [6.07, 6.45) is 0. The predicted octanol–water partition coefficient (Wildman–Crippen LogP) is 3.30. The highest BCUT2D eigenvalue weighted by atomic mass is 19.1. The van der Waals surface area contributed by atoms with E-state index in [0.717, 1.165) is 5.75 Å². The van der Waals surface area contributed by atoms with Gasteiger partial charge in [-0.1, -0.05) is 6.07 Å². The Balaban J connectivity index is 2.26. The first-order chi connectivity index (χ1) is 9.61. The third-order valence-electron chi connectivity index (χ3n) is 2.61. The van der Waals surface area contributed by atoms with E-state index >= 15 is 0 Å². The van der Waals surface area contributed by atoms with E-state index < -0.39 is 5.82 Å². The summed E-state index contributed by atoms with van der Waals surface area (Å²) in [4.78, 5) is 0. The van der Waals surface area contributed by atoms with Crippen LogP contribution in [0.5, 0.6) is 17.2 Å². The van der Waals surface area contributed by atoms with Crippen LogP contribution in [-0.2, 0) is 0 Å². The molecule has 2 rings (SSSR count). The molecule has 0 saturated carbocycles. The molecule has 0 saturated heterocycles. The van der Waals surface area contributed by atoms with Crippen molar-refractivity contribution in [3.8, 4) is 17.2 Å². The minimum atomic E-state index is -0.582. The van der Waals surface area contributed by atoms with E-state index in [-0.39, 0.29) is 17.1 Å². The Morgan fingerprint density at radius 3 is 2.40 bits per heavy atom. The molecule has 3 N–H and O–H groups in total. The van der Waals surface area contributed by atoms with Crippen LogP contribution in [0.15, 0.2) is 42.5 Å². The minimum absolute atomic E-state index is 0.0404. The maximum Gasteiger partial charge on any atom is 0.141 e. The Labute approximate surface area is 116 Å². The maximum absolute atomic E-state index is 13.6. The monoisotopic (exact) mass is 274 g/mol. The fourth-order valence-corrected chi connectivity index (χ4v) is 1.75. The molecule has 0 spiro atoms. The first kappa shape index (κ1) is 13.9. The number of amidine groups is 1. The first-order valence-electron chi connectivity index (χ1n) is 6.15. The lowest BCUT2D eigenvalue weighted by Crippen LogP contribution is -2.14. The van der Waals surface area contributed by atoms with Crippen LogP contribution in [0.1, 0.15) is 12.5 Å². The van der Waals surface area contributed by atoms with E-state index in [1.807, 2.05) is 6.92 Å². The van der Waals surface area contributed by atoms with E-state index in [1.165, 1.54) is 12.1 Å². The van der Waals surface area contributed by atoms with E-state index in [4.69, 9.17) is 20.6 Å². The summed E-state index contributed by atoms with van der Waals surface area (Å²) in [5.41, 5.74) is 5.34. The number of rotatable bonds is 5. The van der Waals surface area contributed by atoms with Crippen molar-refractivity contribution < 1.29 is 13.9 Å². The number of ether oxygens (including phenoxy) is 2. The third kappa shape index (κ3) is 3.06. The SMILES string of the molecule is CCOc1ccc(Oc2cccc(F)c2C(=N)N)cc1. The van der Waals surface area contributed by atoms with E-state index in [0.29, 0.717) is 12.4 Å². The summed E-state index contributed by atoms with van der Waals surface area (Å²) in [6, 6.07) is 11.2. The van der Waals surface area contributed by atoms with Gasteiger partial charge in [0.15, 0.2) is 0 Å². The molecule has 0 atom stereocenters. The van der Waals surface area contributed by atoms with Gasteiger partial charge in [-0.15, -0.1) is 0 Å². The molecular formula is C15H15FN2O2. The van der Waals surface area contributed by atoms with Gasteiger partial charge in [0.25, 0.3) is 0 Å². The zero-order valence-electron chi connectivity index (χ0n) is 11.0. The van der Waals surface area contributed by atoms with Crippen molar-refractivity contribution in [1.29, 1.82) is 5.41 Å². The van der Waals surface area contributed by atoms with Gasteiger partial charge < -0.3 is 15.2 Å². The van der Waals surface area contributed by atoms with Gasteiger partial charge in [0, 0.05) is 0 Å². The number of nitrogens with two attached hydrogens (primary N) is 1. The van der Waals surface area contributed by atoms with Gasteiger partial charge in [0.1, 0.15) is 28.9 Å². The van der Waals surface area contributed by atoms with Crippen molar-refractivity contribution in [1.82, 2.24) is 0 Å². The topological polar surface area (TPSA) is 68.3 Å². The summed E-state index contributed by atoms with van der Waals surface area (Å²) in [5.74, 6) is 0.499. The molecule has 5 heteroatoms. The minimum Gasteiger partial charge on any atom is -0.494 e. The van der Waals surface area contributed by atoms with Crippen LogP contribution in [0.2, 0.25) is 0 Å². The lowest BCUT2D eigenvalue weighted by molar-refractivity contribution is 0.339. The smallest absolute Gasteiger partial charge is 0.141 e. The molecule has 2 aromatic rings. The lowest BCUT2D eigenvalue weighted by atomic mass is 10.1. The molecule has 104 valence electrons. The molecule has 0 aromatic heterocycles. The molecule has 0 radical (unpaired) electrons. The average molecular weight is 274 g/mol. The molecule has 0 amide bonds. The van der Waals surface area contributed by atoms with E-state index in [2.05, 4.69) is 0 Å². The van der Waals surface area contributed by atoms with Crippen LogP contribution in [0.25, 0.3) is 0 Å². The number of hydrogen-bond donors (Lipinski definition) is 2. The molecule has 0 aliphatic rings. The second-order valence-electron chi connectivity index (χ2n) is 4.03. The Morgan fingerprint density at radius 1 is 1.15 bits per heavy atom. The zero-order valence-corrected chi connectivity index (χ0v) is 11.0. The van der Waals surface area contributed by atoms with Gasteiger partial charge in [-0.3, -0.25) is 5.41 Å². The van der Waals surface area contributed by atoms with Crippen molar-refractivity contribution >= 4 is 5.84 Å². The van der Waals surface area contributed by atoms with Crippen LogP contribution in [0.4, 0.5) is 4.39 Å². The van der Waals surface area contributed by atoms with Crippen molar-refractivity contribution in [2.24, 2.45) is 5.73 Å². The molecule has 20 heavy (non-hydrogen) atoms. The number of nitrogens with one attached hydrogen (secondary N) is 1. The lowest BCUT2D eigenvalue weighted by Gasteiger charge is -2.11. The van der Waals surface area contributed by atoms with Gasteiger partial charge >= 0.3 is 0 Å². The van der Waals surface area contributed by atoms with Gasteiger partial charge in [-0.25, -0.2) is 4.39 Å². The molecule has 0 aliphatic carbocycles. The number of nitrogen functional groups attached to an aromatic ring is 1. The summed E-state index contributed by atoms with van der Waals surface area (Å²) >= 11 is 0. The molecular weight excluding hydrogens is 259 g/mol. The van der Waals surface area contributed by atoms with Crippen LogP contribution in [0.3, 0.4) is 0 Å². The Morgan fingerprint density at radius 2 is 1.80 bits per heavy atom. The number of halogens is 1. The first-order valence-corrected chi connectivity index (χ1v) is 6.15. The van der Waals surface area contributed by atoms with Crippen LogP contribution >= 0.6 is 0 Å². The standard InChI is InChI=1S/C15H15FN2O2/c1-2-19-10-6-8-11(9-7-10)20-13-5-3-4-12(16)14(13)15(17)18/h3-9H,2H2,1H3,(H3,17,18). The summed E-state index contributed by atoms with van der Waals surface area (Å²) < 4.78 is 24.5. The van der Waals surface area contributed by atoms with Crippen LogP contribution < -0.4 is 15.2 Å².